The predicted octanol–water partition coefficient (Wildman–Crippen LogP) is 1.40. The molecule has 7 heteroatoms. The lowest BCUT2D eigenvalue weighted by atomic mass is 9.79. The van der Waals surface area contributed by atoms with Crippen LogP contribution >= 0.6 is 0 Å². The maximum atomic E-state index is 7.51. The molecule has 0 aliphatic carbocycles. The summed E-state index contributed by atoms with van der Waals surface area (Å²) in [6.07, 6.45) is 3.00. The Hall–Kier alpha value is -0.885. The van der Waals surface area contributed by atoms with Gasteiger partial charge >= 0.3 is 7.12 Å². The van der Waals surface area contributed by atoms with E-state index in [9.17, 15) is 0 Å². The quantitative estimate of drug-likeness (QED) is 0.382. The van der Waals surface area contributed by atoms with Crippen LogP contribution in [0, 0.1) is 5.41 Å². The molecule has 0 unspecified atom stereocenters. The normalized spacial score (nSPS) is 20.6. The molecule has 1 rings (SSSR count). The minimum absolute atomic E-state index is 0.400. The molecular formula is C14H27BN2O4. The van der Waals surface area contributed by atoms with Crippen LogP contribution in [0.15, 0.2) is 11.7 Å². The first-order valence-electron chi connectivity index (χ1n) is 7.20. The molecule has 0 atom stereocenters. The Labute approximate surface area is 127 Å². The number of hydrogen-bond acceptors (Lipinski definition) is 6. The molecule has 0 aromatic heterocycles. The average molecular weight is 298 g/mol. The SMILES string of the molecule is COCCOCCN/C=C(\C=N)B1OC(C)(C)C(C)(C)O1. The van der Waals surface area contributed by atoms with Crippen LogP contribution in [-0.4, -0.2) is 58.0 Å². The van der Waals surface area contributed by atoms with Gasteiger partial charge in [0.25, 0.3) is 0 Å². The molecule has 120 valence electrons. The first-order chi connectivity index (χ1) is 9.84. The summed E-state index contributed by atoms with van der Waals surface area (Å²) in [4.78, 5) is 0. The fraction of sp³-hybridized carbons (Fsp3) is 0.786. The first kappa shape index (κ1) is 18.2. The largest absolute Gasteiger partial charge is 0.497 e. The van der Waals surface area contributed by atoms with Crippen LogP contribution in [0.1, 0.15) is 27.7 Å². The lowest BCUT2D eigenvalue weighted by molar-refractivity contribution is 0.00578. The van der Waals surface area contributed by atoms with Gasteiger partial charge < -0.3 is 29.5 Å². The summed E-state index contributed by atoms with van der Waals surface area (Å²) in [5.74, 6) is 0. The van der Waals surface area contributed by atoms with Crippen LogP contribution < -0.4 is 5.32 Å². The lowest BCUT2D eigenvalue weighted by Gasteiger charge is -2.32. The van der Waals surface area contributed by atoms with Gasteiger partial charge in [0.2, 0.25) is 0 Å². The van der Waals surface area contributed by atoms with Crippen molar-refractivity contribution >= 4 is 13.3 Å². The Balaban J connectivity index is 2.41. The van der Waals surface area contributed by atoms with E-state index in [1.54, 1.807) is 13.3 Å². The maximum Gasteiger partial charge on any atom is 0.497 e. The Morgan fingerprint density at radius 1 is 1.14 bits per heavy atom. The monoisotopic (exact) mass is 298 g/mol. The van der Waals surface area contributed by atoms with Crippen LogP contribution in [0.3, 0.4) is 0 Å². The average Bonchev–Trinajstić information content (AvgIpc) is 2.61. The lowest BCUT2D eigenvalue weighted by Crippen LogP contribution is -2.41. The van der Waals surface area contributed by atoms with Crippen LogP contribution in [0.25, 0.3) is 0 Å². The smallest absolute Gasteiger partial charge is 0.399 e. The van der Waals surface area contributed by atoms with Crippen LogP contribution in [0.4, 0.5) is 0 Å². The molecule has 0 amide bonds. The molecule has 1 fully saturated rings. The zero-order chi connectivity index (χ0) is 15.9. The molecule has 2 N–H and O–H groups in total. The Kier molecular flexibility index (Phi) is 6.86. The first-order valence-corrected chi connectivity index (χ1v) is 7.20. The van der Waals surface area contributed by atoms with E-state index in [4.69, 9.17) is 24.2 Å². The fourth-order valence-corrected chi connectivity index (χ4v) is 1.72. The number of nitrogens with one attached hydrogen (secondary N) is 2. The summed E-state index contributed by atoms with van der Waals surface area (Å²) in [7, 11) is 1.13. The number of hydrogen-bond donors (Lipinski definition) is 2. The number of ether oxygens (including phenoxy) is 2. The van der Waals surface area contributed by atoms with Gasteiger partial charge in [0.1, 0.15) is 0 Å². The van der Waals surface area contributed by atoms with Gasteiger partial charge in [-0.25, -0.2) is 0 Å². The van der Waals surface area contributed by atoms with Crippen molar-refractivity contribution in [2.45, 2.75) is 38.9 Å². The topological polar surface area (TPSA) is 72.8 Å². The van der Waals surface area contributed by atoms with E-state index in [1.807, 2.05) is 27.7 Å². The third kappa shape index (κ3) is 5.11. The highest BCUT2D eigenvalue weighted by molar-refractivity contribution is 6.60. The molecule has 0 radical (unpaired) electrons. The van der Waals surface area contributed by atoms with Crippen molar-refractivity contribution in [1.29, 1.82) is 5.41 Å². The van der Waals surface area contributed by atoms with Gasteiger partial charge in [-0.1, -0.05) is 0 Å². The third-order valence-electron chi connectivity index (χ3n) is 3.78. The zero-order valence-electron chi connectivity index (χ0n) is 13.7. The highest BCUT2D eigenvalue weighted by Crippen LogP contribution is 2.38. The van der Waals surface area contributed by atoms with Crippen molar-refractivity contribution in [3.05, 3.63) is 11.7 Å². The van der Waals surface area contributed by atoms with Crippen molar-refractivity contribution in [3.63, 3.8) is 0 Å². The summed E-state index contributed by atoms with van der Waals surface area (Å²) in [6, 6.07) is 0. The Morgan fingerprint density at radius 3 is 2.29 bits per heavy atom. The molecule has 6 nitrogen and oxygen atoms in total. The number of rotatable bonds is 9. The van der Waals surface area contributed by atoms with E-state index < -0.39 is 18.3 Å². The summed E-state index contributed by atoms with van der Waals surface area (Å²) < 4.78 is 22.0. The van der Waals surface area contributed by atoms with Crippen molar-refractivity contribution in [3.8, 4) is 0 Å². The minimum Gasteiger partial charge on any atom is -0.399 e. The van der Waals surface area contributed by atoms with Gasteiger partial charge in [-0.2, -0.15) is 0 Å². The van der Waals surface area contributed by atoms with Gasteiger partial charge in [0, 0.05) is 25.3 Å². The van der Waals surface area contributed by atoms with E-state index in [0.29, 0.717) is 31.8 Å². The second-order valence-electron chi connectivity index (χ2n) is 5.94. The molecule has 1 heterocycles. The fourth-order valence-electron chi connectivity index (χ4n) is 1.72. The summed E-state index contributed by atoms with van der Waals surface area (Å²) >= 11 is 0. The zero-order valence-corrected chi connectivity index (χ0v) is 13.7. The van der Waals surface area contributed by atoms with E-state index in [0.717, 1.165) is 0 Å². The molecule has 21 heavy (non-hydrogen) atoms. The molecule has 0 saturated carbocycles. The maximum absolute atomic E-state index is 7.51. The van der Waals surface area contributed by atoms with E-state index in [2.05, 4.69) is 5.32 Å². The standard InChI is InChI=1S/C14H27BN2O4/c1-13(2)14(3,4)21-15(20-13)12(10-16)11-17-6-7-19-9-8-18-5/h10-11,16-17H,6-9H2,1-5H3/b12-11+,16-10?. The molecule has 1 aliphatic heterocycles. The second kappa shape index (κ2) is 7.94. The van der Waals surface area contributed by atoms with Crippen LogP contribution in [0.2, 0.25) is 0 Å². The van der Waals surface area contributed by atoms with Crippen LogP contribution in [0.5, 0.6) is 0 Å². The molecule has 0 bridgehead atoms. The molecule has 0 aromatic carbocycles. The summed E-state index contributed by atoms with van der Waals surface area (Å²) in [5, 5.41) is 10.6. The van der Waals surface area contributed by atoms with Crippen molar-refractivity contribution in [1.82, 2.24) is 5.32 Å². The van der Waals surface area contributed by atoms with Crippen molar-refractivity contribution < 1.29 is 18.8 Å². The summed E-state index contributed by atoms with van der Waals surface area (Å²) in [6.45, 7) is 10.4. The molecule has 1 saturated heterocycles. The third-order valence-corrected chi connectivity index (χ3v) is 3.78. The van der Waals surface area contributed by atoms with E-state index >= 15 is 0 Å². The van der Waals surface area contributed by atoms with Gasteiger partial charge in [0.05, 0.1) is 31.0 Å². The highest BCUT2D eigenvalue weighted by atomic mass is 16.7. The highest BCUT2D eigenvalue weighted by Gasteiger charge is 2.52. The molecule has 1 aliphatic rings. The molecular weight excluding hydrogens is 271 g/mol. The molecule has 0 spiro atoms. The predicted molar refractivity (Wildman–Crippen MR) is 83.6 cm³/mol. The van der Waals surface area contributed by atoms with Gasteiger partial charge in [-0.05, 0) is 33.9 Å². The Bertz CT molecular complexity index is 356. The number of methoxy groups -OCH3 is 1. The second-order valence-corrected chi connectivity index (χ2v) is 5.94. The van der Waals surface area contributed by atoms with E-state index in [-0.39, 0.29) is 0 Å². The minimum atomic E-state index is -0.519. The van der Waals surface area contributed by atoms with Crippen molar-refractivity contribution in [2.75, 3.05) is 33.5 Å². The van der Waals surface area contributed by atoms with Gasteiger partial charge in [-0.15, -0.1) is 0 Å². The van der Waals surface area contributed by atoms with Crippen molar-refractivity contribution in [2.24, 2.45) is 0 Å². The number of allylic oxidation sites excluding steroid dienone is 1. The molecule has 0 aromatic rings. The summed E-state index contributed by atoms with van der Waals surface area (Å²) in [5.41, 5.74) is -0.142. The van der Waals surface area contributed by atoms with Gasteiger partial charge in [-0.3, -0.25) is 0 Å². The van der Waals surface area contributed by atoms with Crippen LogP contribution in [-0.2, 0) is 18.8 Å². The van der Waals surface area contributed by atoms with Gasteiger partial charge in [0.15, 0.2) is 0 Å². The van der Waals surface area contributed by atoms with E-state index in [1.165, 1.54) is 6.21 Å². The Morgan fingerprint density at radius 2 is 1.76 bits per heavy atom.